The van der Waals surface area contributed by atoms with Crippen LogP contribution >= 0.6 is 11.6 Å². The molecule has 1 heterocycles. The van der Waals surface area contributed by atoms with Crippen LogP contribution in [0.5, 0.6) is 0 Å². The molecule has 86 valence electrons. The van der Waals surface area contributed by atoms with Gasteiger partial charge in [-0.25, -0.2) is 9.78 Å². The molecule has 1 unspecified atom stereocenters. The summed E-state index contributed by atoms with van der Waals surface area (Å²) in [6, 6.07) is 3.22. The average Bonchev–Trinajstić information content (AvgIpc) is 2.72. The highest BCUT2D eigenvalue weighted by atomic mass is 35.5. The predicted molar refractivity (Wildman–Crippen MR) is 62.0 cm³/mol. The van der Waals surface area contributed by atoms with Crippen LogP contribution in [0.1, 0.15) is 30.6 Å². The molecule has 1 saturated carbocycles. The number of carboxylic acid groups (broad SMARTS) is 1. The highest BCUT2D eigenvalue weighted by Gasteiger charge is 2.46. The Kier molecular flexibility index (Phi) is 2.54. The molecule has 4 nitrogen and oxygen atoms in total. The van der Waals surface area contributed by atoms with Crippen LogP contribution in [0.3, 0.4) is 0 Å². The van der Waals surface area contributed by atoms with Gasteiger partial charge in [0.25, 0.3) is 0 Å². The number of carbonyl (C=O) groups is 1. The molecule has 1 fully saturated rings. The third-order valence-corrected chi connectivity index (χ3v) is 3.13. The molecule has 0 amide bonds. The number of halogens is 1. The van der Waals surface area contributed by atoms with E-state index in [1.54, 1.807) is 0 Å². The molecule has 0 aliphatic heterocycles. The number of hydrogen-bond acceptors (Lipinski definition) is 3. The van der Waals surface area contributed by atoms with Gasteiger partial charge in [0.2, 0.25) is 0 Å². The Morgan fingerprint density at radius 2 is 2.25 bits per heavy atom. The van der Waals surface area contributed by atoms with Crippen molar-refractivity contribution in [3.8, 4) is 0 Å². The fourth-order valence-electron chi connectivity index (χ4n) is 1.60. The molecule has 0 spiro atoms. The number of anilines is 1. The van der Waals surface area contributed by atoms with Gasteiger partial charge in [-0.1, -0.05) is 25.4 Å². The van der Waals surface area contributed by atoms with Gasteiger partial charge in [-0.05, 0) is 24.0 Å². The molecule has 1 aliphatic rings. The van der Waals surface area contributed by atoms with E-state index in [1.807, 2.05) is 0 Å². The van der Waals surface area contributed by atoms with Crippen molar-refractivity contribution in [2.24, 2.45) is 5.41 Å². The van der Waals surface area contributed by atoms with Crippen LogP contribution in [0, 0.1) is 5.41 Å². The van der Waals surface area contributed by atoms with Crippen LogP contribution in [0.15, 0.2) is 12.1 Å². The first-order chi connectivity index (χ1) is 7.40. The van der Waals surface area contributed by atoms with Crippen molar-refractivity contribution < 1.29 is 9.90 Å². The summed E-state index contributed by atoms with van der Waals surface area (Å²) in [6.45, 7) is 4.24. The topological polar surface area (TPSA) is 62.2 Å². The van der Waals surface area contributed by atoms with Gasteiger partial charge in [0.1, 0.15) is 16.5 Å². The van der Waals surface area contributed by atoms with Gasteiger partial charge in [0.15, 0.2) is 0 Å². The molecule has 0 aromatic carbocycles. The molecular weight excluding hydrogens is 228 g/mol. The SMILES string of the molecule is CC1(C)CC1Nc1nc(Cl)ccc1C(=O)O. The fourth-order valence-corrected chi connectivity index (χ4v) is 1.74. The number of nitrogens with one attached hydrogen (secondary N) is 1. The molecule has 0 bridgehead atoms. The molecule has 1 atom stereocenters. The lowest BCUT2D eigenvalue weighted by Gasteiger charge is -2.10. The Morgan fingerprint density at radius 1 is 1.62 bits per heavy atom. The highest BCUT2D eigenvalue weighted by molar-refractivity contribution is 6.29. The van der Waals surface area contributed by atoms with E-state index in [4.69, 9.17) is 16.7 Å². The van der Waals surface area contributed by atoms with E-state index in [0.717, 1.165) is 6.42 Å². The zero-order chi connectivity index (χ0) is 11.9. The van der Waals surface area contributed by atoms with Crippen molar-refractivity contribution in [3.63, 3.8) is 0 Å². The number of nitrogens with zero attached hydrogens (tertiary/aromatic N) is 1. The number of pyridine rings is 1. The Morgan fingerprint density at radius 3 is 2.75 bits per heavy atom. The summed E-state index contributed by atoms with van der Waals surface area (Å²) in [5.41, 5.74) is 0.367. The summed E-state index contributed by atoms with van der Waals surface area (Å²) < 4.78 is 0. The van der Waals surface area contributed by atoms with Crippen LogP contribution in [0.4, 0.5) is 5.82 Å². The number of aromatic nitrogens is 1. The van der Waals surface area contributed by atoms with E-state index in [0.29, 0.717) is 11.0 Å². The third kappa shape index (κ3) is 2.11. The first kappa shape index (κ1) is 11.2. The Labute approximate surface area is 98.6 Å². The molecule has 2 rings (SSSR count). The van der Waals surface area contributed by atoms with E-state index in [1.165, 1.54) is 12.1 Å². The van der Waals surface area contributed by atoms with Gasteiger partial charge >= 0.3 is 5.97 Å². The van der Waals surface area contributed by atoms with E-state index in [-0.39, 0.29) is 17.0 Å². The number of carboxylic acids is 1. The van der Waals surface area contributed by atoms with Gasteiger partial charge in [-0.15, -0.1) is 0 Å². The summed E-state index contributed by atoms with van der Waals surface area (Å²) in [4.78, 5) is 15.0. The van der Waals surface area contributed by atoms with Crippen molar-refractivity contribution in [1.82, 2.24) is 4.98 Å². The number of rotatable bonds is 3. The largest absolute Gasteiger partial charge is 0.478 e. The second-order valence-electron chi connectivity index (χ2n) is 4.72. The van der Waals surface area contributed by atoms with Gasteiger partial charge in [-0.2, -0.15) is 0 Å². The normalized spacial score (nSPS) is 21.6. The van der Waals surface area contributed by atoms with Crippen molar-refractivity contribution in [3.05, 3.63) is 22.8 Å². The zero-order valence-electron chi connectivity index (χ0n) is 9.12. The highest BCUT2D eigenvalue weighted by Crippen LogP contribution is 2.46. The van der Waals surface area contributed by atoms with Crippen molar-refractivity contribution >= 4 is 23.4 Å². The molecule has 1 aliphatic carbocycles. The minimum Gasteiger partial charge on any atom is -0.478 e. The minimum absolute atomic E-state index is 0.159. The maximum absolute atomic E-state index is 11.0. The predicted octanol–water partition coefficient (Wildman–Crippen LogP) is 2.64. The molecule has 16 heavy (non-hydrogen) atoms. The number of aromatic carboxylic acids is 1. The number of hydrogen-bond donors (Lipinski definition) is 2. The smallest absolute Gasteiger partial charge is 0.339 e. The Bertz CT molecular complexity index is 446. The zero-order valence-corrected chi connectivity index (χ0v) is 9.88. The van der Waals surface area contributed by atoms with Gasteiger partial charge in [0, 0.05) is 6.04 Å². The van der Waals surface area contributed by atoms with E-state index < -0.39 is 5.97 Å². The summed E-state index contributed by atoms with van der Waals surface area (Å²) in [5.74, 6) is -0.638. The second-order valence-corrected chi connectivity index (χ2v) is 5.11. The van der Waals surface area contributed by atoms with Gasteiger partial charge < -0.3 is 10.4 Å². The van der Waals surface area contributed by atoms with E-state index in [9.17, 15) is 4.79 Å². The monoisotopic (exact) mass is 240 g/mol. The molecule has 1 aromatic heterocycles. The lowest BCUT2D eigenvalue weighted by atomic mass is 10.2. The molecule has 0 saturated heterocycles. The maximum atomic E-state index is 11.0. The third-order valence-electron chi connectivity index (χ3n) is 2.92. The molecule has 0 radical (unpaired) electrons. The first-order valence-electron chi connectivity index (χ1n) is 5.06. The maximum Gasteiger partial charge on any atom is 0.339 e. The van der Waals surface area contributed by atoms with Crippen molar-refractivity contribution in [2.75, 3.05) is 5.32 Å². The Hall–Kier alpha value is -1.29. The molecule has 5 heteroatoms. The molecular formula is C11H13ClN2O2. The van der Waals surface area contributed by atoms with Crippen LogP contribution < -0.4 is 5.32 Å². The van der Waals surface area contributed by atoms with Crippen LogP contribution in [0.25, 0.3) is 0 Å². The van der Waals surface area contributed by atoms with Gasteiger partial charge in [-0.3, -0.25) is 0 Å². The Balaban J connectivity index is 2.25. The summed E-state index contributed by atoms with van der Waals surface area (Å²) in [6.07, 6.45) is 1.01. The summed E-state index contributed by atoms with van der Waals surface area (Å²) >= 11 is 5.75. The van der Waals surface area contributed by atoms with Crippen LogP contribution in [0.2, 0.25) is 5.15 Å². The van der Waals surface area contributed by atoms with E-state index >= 15 is 0 Å². The lowest BCUT2D eigenvalue weighted by Crippen LogP contribution is -2.13. The van der Waals surface area contributed by atoms with Crippen LogP contribution in [-0.2, 0) is 0 Å². The fraction of sp³-hybridized carbons (Fsp3) is 0.455. The van der Waals surface area contributed by atoms with Gasteiger partial charge in [0.05, 0.1) is 0 Å². The summed E-state index contributed by atoms with van der Waals surface area (Å²) in [7, 11) is 0. The lowest BCUT2D eigenvalue weighted by molar-refractivity contribution is 0.0697. The van der Waals surface area contributed by atoms with Crippen LogP contribution in [-0.4, -0.2) is 22.1 Å². The second kappa shape index (κ2) is 3.63. The molecule has 2 N–H and O–H groups in total. The molecule has 1 aromatic rings. The van der Waals surface area contributed by atoms with Crippen molar-refractivity contribution in [1.29, 1.82) is 0 Å². The standard InChI is InChI=1S/C11H13ClN2O2/c1-11(2)5-7(11)13-9-6(10(15)16)3-4-8(12)14-9/h3-4,7H,5H2,1-2H3,(H,13,14)(H,15,16). The first-order valence-corrected chi connectivity index (χ1v) is 5.44. The van der Waals surface area contributed by atoms with E-state index in [2.05, 4.69) is 24.1 Å². The summed E-state index contributed by atoms with van der Waals surface area (Å²) in [5, 5.41) is 12.4. The van der Waals surface area contributed by atoms with Crippen molar-refractivity contribution in [2.45, 2.75) is 26.3 Å². The quantitative estimate of drug-likeness (QED) is 0.798. The average molecular weight is 241 g/mol. The minimum atomic E-state index is -0.995.